The Morgan fingerprint density at radius 3 is 2.74 bits per heavy atom. The molecule has 0 saturated carbocycles. The lowest BCUT2D eigenvalue weighted by atomic mass is 10.1. The Hall–Kier alpha value is -0.580. The molecule has 1 aromatic rings. The minimum atomic E-state index is 0.282. The van der Waals surface area contributed by atoms with Gasteiger partial charge in [0, 0.05) is 35.7 Å². The van der Waals surface area contributed by atoms with Crippen LogP contribution in [0.4, 0.5) is 0 Å². The number of benzene rings is 1. The summed E-state index contributed by atoms with van der Waals surface area (Å²) in [6.07, 6.45) is 0.916. The van der Waals surface area contributed by atoms with Crippen LogP contribution in [0.5, 0.6) is 5.75 Å². The topological polar surface area (TPSA) is 30.5 Å². The molecule has 1 rings (SSSR count). The lowest BCUT2D eigenvalue weighted by Gasteiger charge is -2.18. The van der Waals surface area contributed by atoms with Gasteiger partial charge in [-0.25, -0.2) is 0 Å². The number of hydrogen-bond donors (Lipinski definition) is 1. The first kappa shape index (κ1) is 16.5. The van der Waals surface area contributed by atoms with Gasteiger partial charge in [-0.2, -0.15) is 0 Å². The minimum absolute atomic E-state index is 0.282. The highest BCUT2D eigenvalue weighted by Gasteiger charge is 2.11. The maximum absolute atomic E-state index is 5.87. The highest BCUT2D eigenvalue weighted by Crippen LogP contribution is 2.28. The molecule has 1 unspecified atom stereocenters. The van der Waals surface area contributed by atoms with E-state index < -0.39 is 0 Å². The Morgan fingerprint density at radius 1 is 1.26 bits per heavy atom. The van der Waals surface area contributed by atoms with E-state index in [2.05, 4.69) is 41.2 Å². The number of halogens is 1. The molecule has 0 bridgehead atoms. The second-order valence-corrected chi connectivity index (χ2v) is 5.28. The average Bonchev–Trinajstić information content (AvgIpc) is 2.40. The largest absolute Gasteiger partial charge is 0.493 e. The fraction of sp³-hybridized carbons (Fsp3) is 0.600. The summed E-state index contributed by atoms with van der Waals surface area (Å²) in [5.41, 5.74) is 1.19. The van der Waals surface area contributed by atoms with Crippen LogP contribution in [0, 0.1) is 0 Å². The molecule has 0 radical (unpaired) electrons. The van der Waals surface area contributed by atoms with Crippen molar-refractivity contribution in [2.75, 3.05) is 26.4 Å². The van der Waals surface area contributed by atoms with Crippen molar-refractivity contribution in [2.45, 2.75) is 33.2 Å². The SMILES string of the molecule is CCNC(C)c1cc(Br)ccc1OCCCOCC. The van der Waals surface area contributed by atoms with Gasteiger partial charge in [0.2, 0.25) is 0 Å². The summed E-state index contributed by atoms with van der Waals surface area (Å²) in [7, 11) is 0. The molecule has 1 aromatic carbocycles. The van der Waals surface area contributed by atoms with E-state index in [0.29, 0.717) is 6.61 Å². The lowest BCUT2D eigenvalue weighted by molar-refractivity contribution is 0.130. The summed E-state index contributed by atoms with van der Waals surface area (Å²) in [5.74, 6) is 0.952. The van der Waals surface area contributed by atoms with Gasteiger partial charge in [-0.1, -0.05) is 22.9 Å². The molecule has 1 atom stereocenters. The molecular formula is C15H24BrNO2. The van der Waals surface area contributed by atoms with E-state index in [1.54, 1.807) is 0 Å². The van der Waals surface area contributed by atoms with Crippen LogP contribution in [0.1, 0.15) is 38.8 Å². The van der Waals surface area contributed by atoms with Crippen molar-refractivity contribution in [2.24, 2.45) is 0 Å². The summed E-state index contributed by atoms with van der Waals surface area (Å²) >= 11 is 3.51. The third-order valence-electron chi connectivity index (χ3n) is 2.84. The van der Waals surface area contributed by atoms with Gasteiger partial charge in [-0.3, -0.25) is 0 Å². The Kier molecular flexibility index (Phi) is 8.10. The van der Waals surface area contributed by atoms with Crippen molar-refractivity contribution in [1.82, 2.24) is 5.32 Å². The van der Waals surface area contributed by atoms with E-state index in [9.17, 15) is 0 Å². The molecule has 0 heterocycles. The fourth-order valence-corrected chi connectivity index (χ4v) is 2.27. The molecule has 19 heavy (non-hydrogen) atoms. The van der Waals surface area contributed by atoms with Crippen molar-refractivity contribution in [3.63, 3.8) is 0 Å². The zero-order chi connectivity index (χ0) is 14.1. The summed E-state index contributed by atoms with van der Waals surface area (Å²) in [6, 6.07) is 6.43. The molecule has 0 aromatic heterocycles. The van der Waals surface area contributed by atoms with Crippen LogP contribution in [0.15, 0.2) is 22.7 Å². The average molecular weight is 330 g/mol. The van der Waals surface area contributed by atoms with Crippen molar-refractivity contribution in [1.29, 1.82) is 0 Å². The van der Waals surface area contributed by atoms with E-state index in [0.717, 1.165) is 36.4 Å². The predicted molar refractivity (Wildman–Crippen MR) is 82.8 cm³/mol. The highest BCUT2D eigenvalue weighted by molar-refractivity contribution is 9.10. The van der Waals surface area contributed by atoms with Crippen LogP contribution in [0.25, 0.3) is 0 Å². The van der Waals surface area contributed by atoms with Crippen LogP contribution < -0.4 is 10.1 Å². The Labute approximate surface area is 124 Å². The van der Waals surface area contributed by atoms with Gasteiger partial charge in [0.1, 0.15) is 5.75 Å². The Balaban J connectivity index is 2.60. The standard InChI is InChI=1S/C15H24BrNO2/c1-4-17-12(3)14-11-13(16)7-8-15(14)19-10-6-9-18-5-2/h7-8,11-12,17H,4-6,9-10H2,1-3H3. The number of nitrogens with one attached hydrogen (secondary N) is 1. The van der Waals surface area contributed by atoms with Crippen LogP contribution in [-0.2, 0) is 4.74 Å². The number of rotatable bonds is 9. The van der Waals surface area contributed by atoms with Crippen LogP contribution in [0.3, 0.4) is 0 Å². The quantitative estimate of drug-likeness (QED) is 0.696. The van der Waals surface area contributed by atoms with E-state index >= 15 is 0 Å². The van der Waals surface area contributed by atoms with Gasteiger partial charge in [0.15, 0.2) is 0 Å². The van der Waals surface area contributed by atoms with Crippen molar-refractivity contribution >= 4 is 15.9 Å². The second-order valence-electron chi connectivity index (χ2n) is 4.36. The van der Waals surface area contributed by atoms with Gasteiger partial charge < -0.3 is 14.8 Å². The zero-order valence-electron chi connectivity index (χ0n) is 12.0. The first-order valence-corrected chi connectivity index (χ1v) is 7.71. The van der Waals surface area contributed by atoms with E-state index in [1.165, 1.54) is 5.56 Å². The van der Waals surface area contributed by atoms with Gasteiger partial charge in [-0.05, 0) is 38.6 Å². The Morgan fingerprint density at radius 2 is 2.05 bits per heavy atom. The van der Waals surface area contributed by atoms with Gasteiger partial charge in [-0.15, -0.1) is 0 Å². The highest BCUT2D eigenvalue weighted by atomic mass is 79.9. The van der Waals surface area contributed by atoms with Gasteiger partial charge in [0.05, 0.1) is 6.61 Å². The molecule has 0 saturated heterocycles. The summed E-state index contributed by atoms with van der Waals surface area (Å²) in [4.78, 5) is 0. The van der Waals surface area contributed by atoms with E-state index in [1.807, 2.05) is 19.1 Å². The van der Waals surface area contributed by atoms with Crippen LogP contribution in [0.2, 0.25) is 0 Å². The van der Waals surface area contributed by atoms with Crippen LogP contribution >= 0.6 is 15.9 Å². The summed E-state index contributed by atoms with van der Waals surface area (Å²) in [5, 5.41) is 3.41. The third kappa shape index (κ3) is 5.93. The Bertz CT molecular complexity index is 371. The number of hydrogen-bond acceptors (Lipinski definition) is 3. The fourth-order valence-electron chi connectivity index (χ4n) is 1.89. The molecule has 4 heteroatoms. The van der Waals surface area contributed by atoms with Gasteiger partial charge in [0.25, 0.3) is 0 Å². The molecule has 3 nitrogen and oxygen atoms in total. The molecule has 0 spiro atoms. The van der Waals surface area contributed by atoms with E-state index in [-0.39, 0.29) is 6.04 Å². The minimum Gasteiger partial charge on any atom is -0.493 e. The van der Waals surface area contributed by atoms with Crippen LogP contribution in [-0.4, -0.2) is 26.4 Å². The molecule has 0 fully saturated rings. The molecule has 0 aliphatic rings. The predicted octanol–water partition coefficient (Wildman–Crippen LogP) is 3.93. The third-order valence-corrected chi connectivity index (χ3v) is 3.34. The molecule has 0 amide bonds. The molecule has 1 N–H and O–H groups in total. The van der Waals surface area contributed by atoms with Crippen molar-refractivity contribution in [3.05, 3.63) is 28.2 Å². The normalized spacial score (nSPS) is 12.4. The van der Waals surface area contributed by atoms with Crippen molar-refractivity contribution < 1.29 is 9.47 Å². The van der Waals surface area contributed by atoms with Gasteiger partial charge >= 0.3 is 0 Å². The lowest BCUT2D eigenvalue weighted by Crippen LogP contribution is -2.18. The summed E-state index contributed by atoms with van der Waals surface area (Å²) < 4.78 is 12.3. The smallest absolute Gasteiger partial charge is 0.124 e. The molecule has 0 aliphatic heterocycles. The molecule has 108 valence electrons. The maximum atomic E-state index is 5.87. The first-order chi connectivity index (χ1) is 9.19. The summed E-state index contributed by atoms with van der Waals surface area (Å²) in [6.45, 7) is 9.41. The second kappa shape index (κ2) is 9.34. The monoisotopic (exact) mass is 329 g/mol. The molecular weight excluding hydrogens is 306 g/mol. The first-order valence-electron chi connectivity index (χ1n) is 6.92. The van der Waals surface area contributed by atoms with Crippen molar-refractivity contribution in [3.8, 4) is 5.75 Å². The zero-order valence-corrected chi connectivity index (χ0v) is 13.6. The number of ether oxygens (including phenoxy) is 2. The van der Waals surface area contributed by atoms with E-state index in [4.69, 9.17) is 9.47 Å². The molecule has 0 aliphatic carbocycles. The maximum Gasteiger partial charge on any atom is 0.124 e.